The maximum absolute atomic E-state index is 12.0. The number of hydrogen-bond donors (Lipinski definition) is 3. The Morgan fingerprint density at radius 1 is 1.22 bits per heavy atom. The average molecular weight is 321 g/mol. The molecule has 1 aromatic rings. The molecule has 1 aliphatic heterocycles. The largest absolute Gasteiger partial charge is 0.480 e. The fourth-order valence-electron chi connectivity index (χ4n) is 2.39. The first-order chi connectivity index (χ1) is 11.1. The quantitative estimate of drug-likeness (QED) is 0.642. The van der Waals surface area contributed by atoms with E-state index in [4.69, 9.17) is 4.74 Å². The Morgan fingerprint density at radius 2 is 1.91 bits per heavy atom. The molecule has 1 saturated heterocycles. The highest BCUT2D eigenvalue weighted by atomic mass is 16.5. The van der Waals surface area contributed by atoms with E-state index in [1.807, 2.05) is 18.2 Å². The van der Waals surface area contributed by atoms with Crippen LogP contribution in [0.25, 0.3) is 0 Å². The van der Waals surface area contributed by atoms with E-state index < -0.39 is 12.0 Å². The van der Waals surface area contributed by atoms with Crippen LogP contribution in [0.15, 0.2) is 30.3 Å². The monoisotopic (exact) mass is 321 g/mol. The van der Waals surface area contributed by atoms with Crippen molar-refractivity contribution in [3.63, 3.8) is 0 Å². The van der Waals surface area contributed by atoms with E-state index >= 15 is 0 Å². The average Bonchev–Trinajstić information content (AvgIpc) is 2.55. The van der Waals surface area contributed by atoms with Gasteiger partial charge in [0.1, 0.15) is 6.04 Å². The molecule has 0 bridgehead atoms. The minimum absolute atomic E-state index is 0.104. The molecule has 0 saturated carbocycles. The van der Waals surface area contributed by atoms with Crippen LogP contribution in [0.4, 0.5) is 5.69 Å². The van der Waals surface area contributed by atoms with Gasteiger partial charge >= 0.3 is 5.97 Å². The molecule has 1 unspecified atom stereocenters. The number of rotatable bonds is 8. The number of amides is 1. The van der Waals surface area contributed by atoms with Gasteiger partial charge in [-0.1, -0.05) is 18.2 Å². The summed E-state index contributed by atoms with van der Waals surface area (Å²) < 4.78 is 5.27. The van der Waals surface area contributed by atoms with E-state index in [1.165, 1.54) is 0 Å². The lowest BCUT2D eigenvalue weighted by molar-refractivity contribution is -0.141. The van der Waals surface area contributed by atoms with E-state index in [9.17, 15) is 14.7 Å². The Labute approximate surface area is 135 Å². The van der Waals surface area contributed by atoms with Crippen LogP contribution in [-0.2, 0) is 14.3 Å². The summed E-state index contributed by atoms with van der Waals surface area (Å²) in [6.45, 7) is 4.40. The maximum Gasteiger partial charge on any atom is 0.321 e. The van der Waals surface area contributed by atoms with Gasteiger partial charge in [0.05, 0.1) is 19.6 Å². The van der Waals surface area contributed by atoms with Gasteiger partial charge in [-0.05, 0) is 12.1 Å². The van der Waals surface area contributed by atoms with Crippen molar-refractivity contribution in [2.75, 3.05) is 44.7 Å². The topological polar surface area (TPSA) is 90.9 Å². The fourth-order valence-corrected chi connectivity index (χ4v) is 2.39. The molecule has 7 heteroatoms. The van der Waals surface area contributed by atoms with Gasteiger partial charge in [0.2, 0.25) is 5.91 Å². The molecular weight excluding hydrogens is 298 g/mol. The molecule has 1 heterocycles. The summed E-state index contributed by atoms with van der Waals surface area (Å²) in [5.41, 5.74) is 0.662. The normalized spacial score (nSPS) is 16.7. The van der Waals surface area contributed by atoms with Crippen molar-refractivity contribution in [1.29, 1.82) is 0 Å². The number of anilines is 1. The Kier molecular flexibility index (Phi) is 6.99. The van der Waals surface area contributed by atoms with E-state index in [1.54, 1.807) is 12.1 Å². The zero-order valence-electron chi connectivity index (χ0n) is 13.0. The summed E-state index contributed by atoms with van der Waals surface area (Å²) in [5, 5.41) is 14.9. The number of carbonyl (C=O) groups is 2. The number of nitrogens with one attached hydrogen (secondary N) is 2. The summed E-state index contributed by atoms with van der Waals surface area (Å²) in [4.78, 5) is 25.5. The van der Waals surface area contributed by atoms with Gasteiger partial charge in [0.15, 0.2) is 0 Å². The highest BCUT2D eigenvalue weighted by Gasteiger charge is 2.21. The predicted octanol–water partition coefficient (Wildman–Crippen LogP) is 0.390. The number of ether oxygens (including phenoxy) is 1. The van der Waals surface area contributed by atoms with Crippen molar-refractivity contribution >= 4 is 17.6 Å². The Hall–Kier alpha value is -1.96. The van der Waals surface area contributed by atoms with E-state index in [2.05, 4.69) is 15.5 Å². The lowest BCUT2D eigenvalue weighted by atomic mass is 10.2. The van der Waals surface area contributed by atoms with Gasteiger partial charge in [-0.25, -0.2) is 0 Å². The minimum Gasteiger partial charge on any atom is -0.480 e. The van der Waals surface area contributed by atoms with Crippen LogP contribution in [0.3, 0.4) is 0 Å². The van der Waals surface area contributed by atoms with Gasteiger partial charge in [-0.2, -0.15) is 0 Å². The number of carboxylic acids is 1. The molecule has 3 N–H and O–H groups in total. The number of morpholine rings is 1. The van der Waals surface area contributed by atoms with Crippen molar-refractivity contribution in [2.45, 2.75) is 12.5 Å². The van der Waals surface area contributed by atoms with Crippen molar-refractivity contribution in [3.05, 3.63) is 30.3 Å². The third-order valence-corrected chi connectivity index (χ3v) is 3.67. The molecule has 0 aromatic heterocycles. The number of nitrogens with zero attached hydrogens (tertiary/aromatic N) is 1. The number of benzene rings is 1. The van der Waals surface area contributed by atoms with Gasteiger partial charge in [-0.15, -0.1) is 0 Å². The lowest BCUT2D eigenvalue weighted by Gasteiger charge is -2.27. The number of carbonyl (C=O) groups excluding carboxylic acids is 1. The first-order valence-electron chi connectivity index (χ1n) is 7.76. The lowest BCUT2D eigenvalue weighted by Crippen LogP contribution is -2.45. The second kappa shape index (κ2) is 9.24. The molecule has 2 rings (SSSR count). The third-order valence-electron chi connectivity index (χ3n) is 3.67. The van der Waals surface area contributed by atoms with Crippen LogP contribution in [0.5, 0.6) is 0 Å². The van der Waals surface area contributed by atoms with Gasteiger partial charge < -0.3 is 20.5 Å². The molecule has 7 nitrogen and oxygen atoms in total. The Balaban J connectivity index is 1.74. The maximum atomic E-state index is 12.0. The van der Waals surface area contributed by atoms with Crippen LogP contribution in [0.2, 0.25) is 0 Å². The highest BCUT2D eigenvalue weighted by Crippen LogP contribution is 2.06. The SMILES string of the molecule is O=C(CC(NCCN1CCOCC1)C(=O)O)Nc1ccccc1. The summed E-state index contributed by atoms with van der Waals surface area (Å²) in [5.74, 6) is -1.34. The Morgan fingerprint density at radius 3 is 2.57 bits per heavy atom. The summed E-state index contributed by atoms with van der Waals surface area (Å²) in [7, 11) is 0. The van der Waals surface area contributed by atoms with Gasteiger partial charge in [0.25, 0.3) is 0 Å². The summed E-state index contributed by atoms with van der Waals surface area (Å²) in [6.07, 6.45) is -0.104. The minimum atomic E-state index is -1.02. The number of para-hydroxylation sites is 1. The molecule has 1 atom stereocenters. The smallest absolute Gasteiger partial charge is 0.321 e. The number of hydrogen-bond acceptors (Lipinski definition) is 5. The van der Waals surface area contributed by atoms with E-state index in [0.717, 1.165) is 19.6 Å². The van der Waals surface area contributed by atoms with Crippen molar-refractivity contribution < 1.29 is 19.4 Å². The highest BCUT2D eigenvalue weighted by molar-refractivity contribution is 5.93. The second-order valence-electron chi connectivity index (χ2n) is 5.42. The molecule has 0 spiro atoms. The molecular formula is C16H23N3O4. The third kappa shape index (κ3) is 6.35. The standard InChI is InChI=1S/C16H23N3O4/c20-15(18-13-4-2-1-3-5-13)12-14(16(21)22)17-6-7-19-8-10-23-11-9-19/h1-5,14,17H,6-12H2,(H,18,20)(H,21,22). The summed E-state index contributed by atoms with van der Waals surface area (Å²) >= 11 is 0. The number of carboxylic acid groups (broad SMARTS) is 1. The van der Waals surface area contributed by atoms with Crippen LogP contribution in [0, 0.1) is 0 Å². The van der Waals surface area contributed by atoms with Crippen molar-refractivity contribution in [2.24, 2.45) is 0 Å². The molecule has 1 fully saturated rings. The molecule has 126 valence electrons. The van der Waals surface area contributed by atoms with Crippen LogP contribution >= 0.6 is 0 Å². The number of aliphatic carboxylic acids is 1. The van der Waals surface area contributed by atoms with E-state index in [0.29, 0.717) is 25.4 Å². The fraction of sp³-hybridized carbons (Fsp3) is 0.500. The first-order valence-corrected chi connectivity index (χ1v) is 7.76. The summed E-state index contributed by atoms with van der Waals surface area (Å²) in [6, 6.07) is 8.11. The zero-order chi connectivity index (χ0) is 16.5. The zero-order valence-corrected chi connectivity index (χ0v) is 13.0. The molecule has 0 aliphatic carbocycles. The van der Waals surface area contributed by atoms with Crippen LogP contribution in [0.1, 0.15) is 6.42 Å². The van der Waals surface area contributed by atoms with Gasteiger partial charge in [-0.3, -0.25) is 14.5 Å². The second-order valence-corrected chi connectivity index (χ2v) is 5.42. The van der Waals surface area contributed by atoms with Crippen molar-refractivity contribution in [1.82, 2.24) is 10.2 Å². The molecule has 0 radical (unpaired) electrons. The molecule has 23 heavy (non-hydrogen) atoms. The molecule has 1 aliphatic rings. The van der Waals surface area contributed by atoms with Crippen LogP contribution in [-0.4, -0.2) is 67.3 Å². The van der Waals surface area contributed by atoms with E-state index in [-0.39, 0.29) is 12.3 Å². The molecule has 1 amide bonds. The van der Waals surface area contributed by atoms with Crippen molar-refractivity contribution in [3.8, 4) is 0 Å². The predicted molar refractivity (Wildman–Crippen MR) is 86.4 cm³/mol. The first kappa shape index (κ1) is 17.4. The van der Waals surface area contributed by atoms with Gasteiger partial charge in [0, 0.05) is 31.9 Å². The van der Waals surface area contributed by atoms with Crippen LogP contribution < -0.4 is 10.6 Å². The Bertz CT molecular complexity index is 503. The molecule has 1 aromatic carbocycles.